The molecule has 0 radical (unpaired) electrons. The summed E-state index contributed by atoms with van der Waals surface area (Å²) in [5, 5.41) is 5.73. The summed E-state index contributed by atoms with van der Waals surface area (Å²) in [7, 11) is -7.92. The number of hydrogen-bond donors (Lipinski definition) is 0. The molecule has 0 atom stereocenters. The molecule has 0 amide bonds. The molecule has 4 nitrogen and oxygen atoms in total. The molecule has 8 bridgehead atoms. The van der Waals surface area contributed by atoms with Crippen LogP contribution in [0.5, 0.6) is 23.0 Å². The molecule has 4 aromatic carbocycles. The Morgan fingerprint density at radius 3 is 0.632 bits per heavy atom. The van der Waals surface area contributed by atoms with Gasteiger partial charge < -0.3 is 18.9 Å². The van der Waals surface area contributed by atoms with Crippen molar-refractivity contribution in [1.82, 2.24) is 0 Å². The Kier molecular flexibility index (Phi) is 19.5. The zero-order valence-corrected chi connectivity index (χ0v) is 48.7. The lowest BCUT2D eigenvalue weighted by Crippen LogP contribution is -2.42. The molecule has 4 aromatic rings. The maximum absolute atomic E-state index is 7.09. The summed E-state index contributed by atoms with van der Waals surface area (Å²) in [5.41, 5.74) is 9.87. The smallest absolute Gasteiger partial charge is 0.126 e. The molecule has 0 fully saturated rings. The van der Waals surface area contributed by atoms with Crippen LogP contribution in [0.1, 0.15) is 97.9 Å². The van der Waals surface area contributed by atoms with Crippen LogP contribution in [-0.4, -0.2) is 58.7 Å². The zero-order valence-electron chi connectivity index (χ0n) is 44.7. The van der Waals surface area contributed by atoms with Crippen molar-refractivity contribution in [2.24, 2.45) is 0 Å². The first-order valence-electron chi connectivity index (χ1n) is 25.9. The van der Waals surface area contributed by atoms with Gasteiger partial charge in [0.1, 0.15) is 23.0 Å². The summed E-state index contributed by atoms with van der Waals surface area (Å²) in [4.78, 5) is 0. The maximum Gasteiger partial charge on any atom is 0.126 e. The van der Waals surface area contributed by atoms with E-state index in [9.17, 15) is 0 Å². The third-order valence-corrected chi connectivity index (χ3v) is 26.7. The normalized spacial score (nSPS) is 13.1. The SMILES string of the molecule is C=CC[Si](C)(C)c1cc2c(OCCC)c(c1)Cc1cc([Si](C)(C)CC=C)cc(c1OCCC)Cc1cc([Si](C)(C)CC=C)cc(c1OCCC)Cc1cc([Si](C)(C)CC=C)cc(c1OCCC)C2. The van der Waals surface area contributed by atoms with E-state index in [2.05, 4.69) is 179 Å². The maximum atomic E-state index is 7.09. The van der Waals surface area contributed by atoms with Crippen LogP contribution in [-0.2, 0) is 25.7 Å². The molecule has 0 saturated heterocycles. The monoisotopic (exact) mass is 985 g/mol. The molecular formula is C60H88O4Si4. The molecule has 0 unspecified atom stereocenters. The molecular weight excluding hydrogens is 897 g/mol. The lowest BCUT2D eigenvalue weighted by Gasteiger charge is -2.30. The second kappa shape index (κ2) is 24.2. The number of benzene rings is 4. The molecule has 0 heterocycles. The second-order valence-electron chi connectivity index (χ2n) is 22.1. The minimum Gasteiger partial charge on any atom is -0.493 e. The topological polar surface area (TPSA) is 36.9 Å². The average Bonchev–Trinajstić information content (AvgIpc) is 3.27. The predicted molar refractivity (Wildman–Crippen MR) is 309 cm³/mol. The lowest BCUT2D eigenvalue weighted by molar-refractivity contribution is 0.305. The van der Waals surface area contributed by atoms with Crippen LogP contribution in [0.15, 0.2) is 99.2 Å². The van der Waals surface area contributed by atoms with Crippen LogP contribution < -0.4 is 39.7 Å². The first kappa shape index (κ1) is 54.8. The fourth-order valence-corrected chi connectivity index (χ4v) is 18.3. The summed E-state index contributed by atoms with van der Waals surface area (Å²) in [6, 6.07) is 24.0. The number of fused-ring (bicyclic) bond motifs is 8. The van der Waals surface area contributed by atoms with Crippen molar-refractivity contribution in [1.29, 1.82) is 0 Å². The van der Waals surface area contributed by atoms with Crippen molar-refractivity contribution in [3.63, 3.8) is 0 Å². The number of hydrogen-bond acceptors (Lipinski definition) is 4. The largest absolute Gasteiger partial charge is 0.493 e. The summed E-state index contributed by atoms with van der Waals surface area (Å²) in [5.74, 6) is 4.05. The van der Waals surface area contributed by atoms with Crippen LogP contribution in [0.3, 0.4) is 0 Å². The fourth-order valence-electron chi connectivity index (χ4n) is 9.92. The molecule has 1 aliphatic carbocycles. The molecule has 1 aliphatic rings. The van der Waals surface area contributed by atoms with Gasteiger partial charge in [-0.2, -0.15) is 0 Å². The van der Waals surface area contributed by atoms with Gasteiger partial charge in [0.25, 0.3) is 0 Å². The van der Waals surface area contributed by atoms with Gasteiger partial charge in [0.15, 0.2) is 0 Å². The van der Waals surface area contributed by atoms with E-state index in [1.165, 1.54) is 65.3 Å². The van der Waals surface area contributed by atoms with Gasteiger partial charge in [0.2, 0.25) is 0 Å². The van der Waals surface area contributed by atoms with Gasteiger partial charge in [-0.05, 0) is 94.4 Å². The van der Waals surface area contributed by atoms with Crippen LogP contribution in [0.2, 0.25) is 76.6 Å². The van der Waals surface area contributed by atoms with Crippen molar-refractivity contribution in [2.45, 2.75) is 156 Å². The standard InChI is InChI=1S/C60H88O4Si4/c1-17-25-61-57-45-33-47-39-54(66(11,12)30-22-6)41-49(58(47)62-26-18-2)35-51-43-56(68(15,16)32-24-8)44-52(60(51)64-28-20-4)36-50-42-55(67(13,14)31-23-7)40-48(59(50)63-27-19-3)34-46(57)38-53(37-45)65(9,10)29-21-5/h21-24,37-44H,5-8,17-20,25-36H2,1-4,9-16H3. The fraction of sp³-hybridized carbons (Fsp3) is 0.467. The number of allylic oxidation sites excluding steroid dienone is 4. The summed E-state index contributed by atoms with van der Waals surface area (Å²) >= 11 is 0. The molecule has 5 rings (SSSR count). The molecule has 368 valence electrons. The zero-order chi connectivity index (χ0) is 49.9. The minimum absolute atomic E-state index is 0.642. The highest BCUT2D eigenvalue weighted by molar-refractivity contribution is 6.91. The van der Waals surface area contributed by atoms with E-state index in [0.29, 0.717) is 52.1 Å². The Balaban J connectivity index is 2.08. The first-order chi connectivity index (χ1) is 32.3. The van der Waals surface area contributed by atoms with Gasteiger partial charge in [0, 0.05) is 25.7 Å². The van der Waals surface area contributed by atoms with Crippen LogP contribution >= 0.6 is 0 Å². The van der Waals surface area contributed by atoms with E-state index in [1.807, 2.05) is 0 Å². The highest BCUT2D eigenvalue weighted by atomic mass is 28.3. The molecule has 0 aromatic heterocycles. The van der Waals surface area contributed by atoms with Gasteiger partial charge in [-0.15, -0.1) is 26.3 Å². The van der Waals surface area contributed by atoms with Gasteiger partial charge in [-0.1, -0.05) is 174 Å². The highest BCUT2D eigenvalue weighted by Crippen LogP contribution is 2.40. The third kappa shape index (κ3) is 13.2. The molecule has 8 heteroatoms. The average molecular weight is 986 g/mol. The predicted octanol–water partition coefficient (Wildman–Crippen LogP) is 13.9. The van der Waals surface area contributed by atoms with E-state index in [4.69, 9.17) is 18.9 Å². The van der Waals surface area contributed by atoms with Crippen molar-refractivity contribution in [3.8, 4) is 23.0 Å². The van der Waals surface area contributed by atoms with Gasteiger partial charge in [-0.25, -0.2) is 0 Å². The number of rotatable bonds is 24. The van der Waals surface area contributed by atoms with Crippen molar-refractivity contribution < 1.29 is 18.9 Å². The van der Waals surface area contributed by atoms with E-state index in [-0.39, 0.29) is 0 Å². The Morgan fingerprint density at radius 1 is 0.338 bits per heavy atom. The molecule has 0 N–H and O–H groups in total. The van der Waals surface area contributed by atoms with Gasteiger partial charge in [0.05, 0.1) is 58.7 Å². The molecule has 68 heavy (non-hydrogen) atoms. The summed E-state index contributed by atoms with van der Waals surface area (Å²) < 4.78 is 28.3. The van der Waals surface area contributed by atoms with Crippen molar-refractivity contribution in [3.05, 3.63) is 144 Å². The molecule has 0 aliphatic heterocycles. The lowest BCUT2D eigenvalue weighted by atomic mass is 9.91. The Morgan fingerprint density at radius 2 is 0.500 bits per heavy atom. The van der Waals surface area contributed by atoms with Crippen LogP contribution in [0, 0.1) is 0 Å². The number of ether oxygens (including phenoxy) is 4. The Bertz CT molecular complexity index is 1980. The minimum atomic E-state index is -1.98. The van der Waals surface area contributed by atoms with E-state index < -0.39 is 32.3 Å². The highest BCUT2D eigenvalue weighted by Gasteiger charge is 2.32. The quantitative estimate of drug-likeness (QED) is 0.0456. The van der Waals surface area contributed by atoms with Crippen molar-refractivity contribution in [2.75, 3.05) is 26.4 Å². The summed E-state index contributed by atoms with van der Waals surface area (Å²) in [6.45, 7) is 48.4. The Hall–Kier alpha value is -4.09. The van der Waals surface area contributed by atoms with E-state index >= 15 is 0 Å². The van der Waals surface area contributed by atoms with Crippen LogP contribution in [0.25, 0.3) is 0 Å². The van der Waals surface area contributed by atoms with Gasteiger partial charge >= 0.3 is 0 Å². The second-order valence-corrected chi connectivity index (χ2v) is 41.1. The van der Waals surface area contributed by atoms with Crippen molar-refractivity contribution >= 4 is 53.0 Å². The third-order valence-electron chi connectivity index (χ3n) is 14.0. The Labute approximate surface area is 418 Å². The summed E-state index contributed by atoms with van der Waals surface area (Å²) in [6.07, 6.45) is 15.0. The van der Waals surface area contributed by atoms with E-state index in [0.717, 1.165) is 72.9 Å². The van der Waals surface area contributed by atoms with Crippen LogP contribution in [0.4, 0.5) is 0 Å². The van der Waals surface area contributed by atoms with E-state index in [1.54, 1.807) is 0 Å². The molecule has 0 spiro atoms. The van der Waals surface area contributed by atoms with Gasteiger partial charge in [-0.3, -0.25) is 0 Å². The first-order valence-corrected chi connectivity index (χ1v) is 38.8. The molecule has 0 saturated carbocycles.